The minimum atomic E-state index is -0.902. The lowest BCUT2D eigenvalue weighted by molar-refractivity contribution is 0.154. The molecule has 1 aliphatic rings. The molecule has 0 aliphatic carbocycles. The summed E-state index contributed by atoms with van der Waals surface area (Å²) in [6, 6.07) is 28.6. The van der Waals surface area contributed by atoms with Gasteiger partial charge in [-0.3, -0.25) is 0 Å². The Morgan fingerprint density at radius 3 is 1.90 bits per heavy atom. The molecule has 0 spiro atoms. The normalized spacial score (nSPS) is 14.4. The van der Waals surface area contributed by atoms with Gasteiger partial charge in [-0.15, -0.1) is 0 Å². The molecule has 1 aliphatic heterocycles. The van der Waals surface area contributed by atoms with Crippen LogP contribution in [0, 0.1) is 0 Å². The summed E-state index contributed by atoms with van der Waals surface area (Å²) in [6.07, 6.45) is 2.18. The molecule has 31 heavy (non-hydrogen) atoms. The Balaban J connectivity index is 1.87. The van der Waals surface area contributed by atoms with Crippen LogP contribution in [-0.4, -0.2) is 14.2 Å². The van der Waals surface area contributed by atoms with Crippen LogP contribution in [0.5, 0.6) is 17.2 Å². The number of hydrogen-bond donors (Lipinski definition) is 0. The number of methoxy groups -OCH3 is 2. The summed E-state index contributed by atoms with van der Waals surface area (Å²) in [5, 5.41) is 2.23. The van der Waals surface area contributed by atoms with Gasteiger partial charge in [-0.25, -0.2) is 0 Å². The fourth-order valence-corrected chi connectivity index (χ4v) is 4.55. The molecule has 0 radical (unpaired) electrons. The lowest BCUT2D eigenvalue weighted by atomic mass is 9.80. The van der Waals surface area contributed by atoms with E-state index < -0.39 is 5.60 Å². The topological polar surface area (TPSA) is 27.7 Å². The predicted molar refractivity (Wildman–Crippen MR) is 125 cm³/mol. The molecule has 0 saturated heterocycles. The van der Waals surface area contributed by atoms with Crippen LogP contribution < -0.4 is 14.2 Å². The molecular formula is C28H24O3. The van der Waals surface area contributed by atoms with Gasteiger partial charge >= 0.3 is 0 Å². The van der Waals surface area contributed by atoms with Crippen molar-refractivity contribution in [1.29, 1.82) is 0 Å². The summed E-state index contributed by atoms with van der Waals surface area (Å²) in [6.45, 7) is 2.13. The Morgan fingerprint density at radius 2 is 1.26 bits per heavy atom. The highest BCUT2D eigenvalue weighted by atomic mass is 16.5. The summed E-state index contributed by atoms with van der Waals surface area (Å²) in [5.74, 6) is 2.40. The molecule has 4 aromatic rings. The summed E-state index contributed by atoms with van der Waals surface area (Å²) in [7, 11) is 3.38. The number of rotatable bonds is 4. The highest BCUT2D eigenvalue weighted by Crippen LogP contribution is 2.51. The molecule has 4 aromatic carbocycles. The van der Waals surface area contributed by atoms with Gasteiger partial charge in [-0.05, 0) is 36.1 Å². The van der Waals surface area contributed by atoms with E-state index in [9.17, 15) is 0 Å². The van der Waals surface area contributed by atoms with E-state index in [4.69, 9.17) is 14.2 Å². The molecule has 0 aromatic heterocycles. The van der Waals surface area contributed by atoms with Crippen molar-refractivity contribution < 1.29 is 14.2 Å². The Kier molecular flexibility index (Phi) is 4.67. The molecule has 154 valence electrons. The smallest absolute Gasteiger partial charge is 0.185 e. The van der Waals surface area contributed by atoms with Gasteiger partial charge in [0.1, 0.15) is 17.2 Å². The number of ether oxygens (including phenoxy) is 3. The fourth-order valence-electron chi connectivity index (χ4n) is 4.55. The van der Waals surface area contributed by atoms with Crippen molar-refractivity contribution >= 4 is 16.3 Å². The molecule has 0 N–H and O–H groups in total. The molecule has 0 fully saturated rings. The van der Waals surface area contributed by atoms with Crippen LogP contribution in [0.4, 0.5) is 0 Å². The van der Waals surface area contributed by atoms with Crippen molar-refractivity contribution in [2.45, 2.75) is 12.5 Å². The van der Waals surface area contributed by atoms with Gasteiger partial charge in [0.25, 0.3) is 0 Å². The molecule has 3 nitrogen and oxygen atoms in total. The molecule has 0 unspecified atom stereocenters. The van der Waals surface area contributed by atoms with Crippen LogP contribution in [-0.2, 0) is 5.60 Å². The largest absolute Gasteiger partial charge is 0.496 e. The van der Waals surface area contributed by atoms with Gasteiger partial charge in [0, 0.05) is 22.1 Å². The molecule has 0 saturated carbocycles. The van der Waals surface area contributed by atoms with E-state index in [1.165, 1.54) is 0 Å². The van der Waals surface area contributed by atoms with Gasteiger partial charge in [0.2, 0.25) is 0 Å². The molecule has 3 heteroatoms. The third-order valence-corrected chi connectivity index (χ3v) is 6.00. The van der Waals surface area contributed by atoms with Crippen LogP contribution >= 0.6 is 0 Å². The number of benzene rings is 4. The van der Waals surface area contributed by atoms with E-state index in [0.717, 1.165) is 50.3 Å². The van der Waals surface area contributed by atoms with Gasteiger partial charge in [-0.2, -0.15) is 0 Å². The second-order valence-corrected chi connectivity index (χ2v) is 7.73. The highest BCUT2D eigenvalue weighted by molar-refractivity contribution is 5.94. The van der Waals surface area contributed by atoms with Crippen molar-refractivity contribution in [2.24, 2.45) is 0 Å². The molecule has 1 heterocycles. The third kappa shape index (κ3) is 2.97. The van der Waals surface area contributed by atoms with Gasteiger partial charge in [0.05, 0.1) is 14.2 Å². The van der Waals surface area contributed by atoms with Crippen molar-refractivity contribution in [3.05, 3.63) is 108 Å². The zero-order valence-corrected chi connectivity index (χ0v) is 17.9. The molecule has 5 rings (SSSR count). The Bertz CT molecular complexity index is 1260. The zero-order valence-electron chi connectivity index (χ0n) is 17.9. The SMILES string of the molecule is COc1ccccc1C1(c2ccccc2OC)C=C(C)c2ccc3ccccc3c2O1. The maximum Gasteiger partial charge on any atom is 0.185 e. The molecular weight excluding hydrogens is 384 g/mol. The summed E-state index contributed by atoms with van der Waals surface area (Å²) in [5.41, 5.74) is 3.20. The quantitative estimate of drug-likeness (QED) is 0.381. The van der Waals surface area contributed by atoms with Crippen molar-refractivity contribution in [1.82, 2.24) is 0 Å². The minimum absolute atomic E-state index is 0.765. The first kappa shape index (κ1) is 19.3. The first-order valence-electron chi connectivity index (χ1n) is 10.4. The number of para-hydroxylation sites is 2. The summed E-state index contributed by atoms with van der Waals surface area (Å²) >= 11 is 0. The Labute approximate surface area is 182 Å². The van der Waals surface area contributed by atoms with Crippen LogP contribution in [0.1, 0.15) is 23.6 Å². The van der Waals surface area contributed by atoms with Crippen LogP contribution in [0.15, 0.2) is 91.0 Å². The first-order valence-corrected chi connectivity index (χ1v) is 10.4. The van der Waals surface area contributed by atoms with Gasteiger partial charge in [0.15, 0.2) is 5.60 Å². The molecule has 0 amide bonds. The second-order valence-electron chi connectivity index (χ2n) is 7.73. The summed E-state index contributed by atoms with van der Waals surface area (Å²) < 4.78 is 18.6. The Morgan fingerprint density at radius 1 is 0.677 bits per heavy atom. The van der Waals surface area contributed by atoms with E-state index in [1.807, 2.05) is 48.5 Å². The van der Waals surface area contributed by atoms with Gasteiger partial charge < -0.3 is 14.2 Å². The van der Waals surface area contributed by atoms with Crippen molar-refractivity contribution in [3.8, 4) is 17.2 Å². The zero-order chi connectivity index (χ0) is 21.4. The average molecular weight is 408 g/mol. The highest BCUT2D eigenvalue weighted by Gasteiger charge is 2.43. The lowest BCUT2D eigenvalue weighted by Crippen LogP contribution is -2.36. The molecule has 0 atom stereocenters. The maximum atomic E-state index is 7.02. The summed E-state index contributed by atoms with van der Waals surface area (Å²) in [4.78, 5) is 0. The average Bonchev–Trinajstić information content (AvgIpc) is 2.83. The lowest BCUT2D eigenvalue weighted by Gasteiger charge is -2.39. The number of hydrogen-bond acceptors (Lipinski definition) is 3. The van der Waals surface area contributed by atoms with Crippen LogP contribution in [0.2, 0.25) is 0 Å². The Hall–Kier alpha value is -3.72. The fraction of sp³-hybridized carbons (Fsp3) is 0.143. The van der Waals surface area contributed by atoms with Crippen LogP contribution in [0.25, 0.3) is 16.3 Å². The monoisotopic (exact) mass is 408 g/mol. The minimum Gasteiger partial charge on any atom is -0.496 e. The third-order valence-electron chi connectivity index (χ3n) is 6.00. The van der Waals surface area contributed by atoms with E-state index in [1.54, 1.807) is 14.2 Å². The van der Waals surface area contributed by atoms with E-state index >= 15 is 0 Å². The van der Waals surface area contributed by atoms with E-state index in [0.29, 0.717) is 0 Å². The van der Waals surface area contributed by atoms with Crippen LogP contribution in [0.3, 0.4) is 0 Å². The predicted octanol–water partition coefficient (Wildman–Crippen LogP) is 6.60. The molecule has 0 bridgehead atoms. The maximum absolute atomic E-state index is 7.02. The van der Waals surface area contributed by atoms with E-state index in [2.05, 4.69) is 49.4 Å². The number of fused-ring (bicyclic) bond motifs is 3. The first-order chi connectivity index (χ1) is 15.2. The second kappa shape index (κ2) is 7.51. The van der Waals surface area contributed by atoms with E-state index in [-0.39, 0.29) is 0 Å². The standard InChI is InChI=1S/C28H24O3/c1-19-18-28(23-12-6-8-14-25(23)29-2,24-13-7-9-15-26(24)30-3)31-27-21(19)17-16-20-10-4-5-11-22(20)27/h4-18H,1-3H3. The van der Waals surface area contributed by atoms with Gasteiger partial charge in [-0.1, -0.05) is 72.8 Å². The van der Waals surface area contributed by atoms with Crippen molar-refractivity contribution in [2.75, 3.05) is 14.2 Å². The van der Waals surface area contributed by atoms with Crippen molar-refractivity contribution in [3.63, 3.8) is 0 Å². The number of allylic oxidation sites excluding steroid dienone is 1.